The molecular weight excluding hydrogens is 418 g/mol. The first-order valence-corrected chi connectivity index (χ1v) is 10.1. The Kier molecular flexibility index (Phi) is 7.54. The molecule has 2 amide bonds. The fraction of sp³-hybridized carbons (Fsp3) is 0.0870. The maximum atomic E-state index is 12.2. The van der Waals surface area contributed by atoms with Gasteiger partial charge in [0.05, 0.1) is 12.8 Å². The Morgan fingerprint density at radius 3 is 2.03 bits per heavy atom. The zero-order valence-corrected chi connectivity index (χ0v) is 17.6. The molecule has 0 aromatic heterocycles. The van der Waals surface area contributed by atoms with Crippen LogP contribution in [0.15, 0.2) is 78.9 Å². The Labute approximate surface area is 185 Å². The van der Waals surface area contributed by atoms with E-state index in [2.05, 4.69) is 16.0 Å². The van der Waals surface area contributed by atoms with Crippen LogP contribution in [0.4, 0.5) is 11.4 Å². The Hall–Kier alpha value is -3.22. The SMILES string of the molecule is O=C(Cc1ccc(Cl)cc1)NC(=S)Nc1cccc(NC(=O)Cc2ccccc2)c1. The largest absolute Gasteiger partial charge is 0.332 e. The highest BCUT2D eigenvalue weighted by Gasteiger charge is 2.08. The molecule has 0 bridgehead atoms. The maximum absolute atomic E-state index is 12.2. The van der Waals surface area contributed by atoms with Gasteiger partial charge < -0.3 is 16.0 Å². The summed E-state index contributed by atoms with van der Waals surface area (Å²) in [5, 5.41) is 9.27. The van der Waals surface area contributed by atoms with Crippen molar-refractivity contribution in [1.29, 1.82) is 0 Å². The van der Waals surface area contributed by atoms with Crippen LogP contribution in [0, 0.1) is 0 Å². The second-order valence-corrected chi connectivity index (χ2v) is 7.44. The van der Waals surface area contributed by atoms with Gasteiger partial charge in [-0.1, -0.05) is 60.1 Å². The maximum Gasteiger partial charge on any atom is 0.230 e. The number of hydrogen-bond acceptors (Lipinski definition) is 3. The number of nitrogens with one attached hydrogen (secondary N) is 3. The van der Waals surface area contributed by atoms with Crippen LogP contribution < -0.4 is 16.0 Å². The number of halogens is 1. The quantitative estimate of drug-likeness (QED) is 0.494. The molecule has 30 heavy (non-hydrogen) atoms. The number of hydrogen-bond donors (Lipinski definition) is 3. The van der Waals surface area contributed by atoms with Crippen molar-refractivity contribution in [3.8, 4) is 0 Å². The second kappa shape index (κ2) is 10.5. The average Bonchev–Trinajstić information content (AvgIpc) is 2.70. The number of carbonyl (C=O) groups excluding carboxylic acids is 2. The first-order valence-electron chi connectivity index (χ1n) is 9.27. The molecule has 0 saturated heterocycles. The number of carbonyl (C=O) groups is 2. The Bertz CT molecular complexity index is 1040. The molecule has 152 valence electrons. The zero-order valence-electron chi connectivity index (χ0n) is 16.0. The number of rotatable bonds is 6. The molecule has 0 heterocycles. The van der Waals surface area contributed by atoms with Crippen molar-refractivity contribution in [2.75, 3.05) is 10.6 Å². The van der Waals surface area contributed by atoms with Crippen LogP contribution in [0.25, 0.3) is 0 Å². The molecule has 0 atom stereocenters. The summed E-state index contributed by atoms with van der Waals surface area (Å²) in [4.78, 5) is 24.4. The molecule has 0 aliphatic carbocycles. The number of amides is 2. The van der Waals surface area contributed by atoms with Gasteiger partial charge >= 0.3 is 0 Å². The molecule has 3 N–H and O–H groups in total. The molecule has 0 spiro atoms. The van der Waals surface area contributed by atoms with E-state index in [4.69, 9.17) is 23.8 Å². The number of thiocarbonyl (C=S) groups is 1. The normalized spacial score (nSPS) is 10.2. The minimum absolute atomic E-state index is 0.114. The summed E-state index contributed by atoms with van der Waals surface area (Å²) in [5.74, 6) is -0.348. The highest BCUT2D eigenvalue weighted by Crippen LogP contribution is 2.16. The predicted molar refractivity (Wildman–Crippen MR) is 125 cm³/mol. The molecule has 3 aromatic carbocycles. The van der Waals surface area contributed by atoms with Gasteiger partial charge in [0.2, 0.25) is 11.8 Å². The fourth-order valence-corrected chi connectivity index (χ4v) is 3.14. The van der Waals surface area contributed by atoms with Gasteiger partial charge in [0.1, 0.15) is 0 Å². The van der Waals surface area contributed by atoms with Crippen LogP contribution in [0.2, 0.25) is 5.02 Å². The lowest BCUT2D eigenvalue weighted by molar-refractivity contribution is -0.119. The van der Waals surface area contributed by atoms with E-state index in [1.54, 1.807) is 48.5 Å². The van der Waals surface area contributed by atoms with Crippen LogP contribution in [0.5, 0.6) is 0 Å². The van der Waals surface area contributed by atoms with Crippen molar-refractivity contribution in [3.05, 3.63) is 95.0 Å². The van der Waals surface area contributed by atoms with Gasteiger partial charge in [0.25, 0.3) is 0 Å². The van der Waals surface area contributed by atoms with Gasteiger partial charge in [0.15, 0.2) is 5.11 Å². The third-order valence-corrected chi connectivity index (χ3v) is 4.60. The summed E-state index contributed by atoms with van der Waals surface area (Å²) in [6, 6.07) is 23.7. The van der Waals surface area contributed by atoms with E-state index in [0.717, 1.165) is 11.1 Å². The van der Waals surface area contributed by atoms with Gasteiger partial charge in [-0.2, -0.15) is 0 Å². The van der Waals surface area contributed by atoms with Crippen LogP contribution in [-0.2, 0) is 22.4 Å². The Morgan fingerprint density at radius 2 is 1.33 bits per heavy atom. The van der Waals surface area contributed by atoms with E-state index < -0.39 is 0 Å². The van der Waals surface area contributed by atoms with Gasteiger partial charge in [-0.05, 0) is 53.7 Å². The summed E-state index contributed by atoms with van der Waals surface area (Å²) >= 11 is 11.1. The highest BCUT2D eigenvalue weighted by atomic mass is 35.5. The second-order valence-electron chi connectivity index (χ2n) is 6.60. The summed E-state index contributed by atoms with van der Waals surface area (Å²) in [6.45, 7) is 0. The minimum Gasteiger partial charge on any atom is -0.332 e. The topological polar surface area (TPSA) is 70.2 Å². The smallest absolute Gasteiger partial charge is 0.230 e. The Balaban J connectivity index is 1.51. The minimum atomic E-state index is -0.234. The molecule has 0 aliphatic heterocycles. The molecular formula is C23H20ClN3O2S. The van der Waals surface area contributed by atoms with Gasteiger partial charge in [-0.3, -0.25) is 9.59 Å². The van der Waals surface area contributed by atoms with Crippen molar-refractivity contribution < 1.29 is 9.59 Å². The van der Waals surface area contributed by atoms with Crippen LogP contribution in [-0.4, -0.2) is 16.9 Å². The summed E-state index contributed by atoms with van der Waals surface area (Å²) in [7, 11) is 0. The van der Waals surface area contributed by atoms with Crippen LogP contribution in [0.1, 0.15) is 11.1 Å². The lowest BCUT2D eigenvalue weighted by atomic mass is 10.1. The third kappa shape index (κ3) is 6.99. The average molecular weight is 438 g/mol. The molecule has 0 saturated carbocycles. The molecule has 7 heteroatoms. The van der Waals surface area contributed by atoms with E-state index in [-0.39, 0.29) is 29.8 Å². The number of anilines is 2. The van der Waals surface area contributed by atoms with Gasteiger partial charge in [-0.15, -0.1) is 0 Å². The van der Waals surface area contributed by atoms with E-state index in [1.165, 1.54) is 0 Å². The predicted octanol–water partition coefficient (Wildman–Crippen LogP) is 4.58. The molecule has 0 fully saturated rings. The highest BCUT2D eigenvalue weighted by molar-refractivity contribution is 7.80. The number of benzene rings is 3. The monoisotopic (exact) mass is 437 g/mol. The van der Waals surface area contributed by atoms with Crippen LogP contribution >= 0.6 is 23.8 Å². The van der Waals surface area contributed by atoms with Crippen molar-refractivity contribution in [2.24, 2.45) is 0 Å². The van der Waals surface area contributed by atoms with E-state index in [1.807, 2.05) is 30.3 Å². The first kappa shape index (κ1) is 21.5. The zero-order chi connectivity index (χ0) is 21.3. The molecule has 0 radical (unpaired) electrons. The molecule has 3 rings (SSSR count). The van der Waals surface area contributed by atoms with E-state index >= 15 is 0 Å². The Morgan fingerprint density at radius 1 is 0.733 bits per heavy atom. The van der Waals surface area contributed by atoms with Crippen molar-refractivity contribution in [3.63, 3.8) is 0 Å². The van der Waals surface area contributed by atoms with Gasteiger partial charge in [0, 0.05) is 16.4 Å². The third-order valence-electron chi connectivity index (χ3n) is 4.14. The van der Waals surface area contributed by atoms with Crippen LogP contribution in [0.3, 0.4) is 0 Å². The molecule has 0 unspecified atom stereocenters. The fourth-order valence-electron chi connectivity index (χ4n) is 2.78. The summed E-state index contributed by atoms with van der Waals surface area (Å²) in [6.07, 6.45) is 0.478. The lowest BCUT2D eigenvalue weighted by Crippen LogP contribution is -2.35. The summed E-state index contributed by atoms with van der Waals surface area (Å²) in [5.41, 5.74) is 3.07. The summed E-state index contributed by atoms with van der Waals surface area (Å²) < 4.78 is 0. The van der Waals surface area contributed by atoms with E-state index in [0.29, 0.717) is 16.4 Å². The lowest BCUT2D eigenvalue weighted by Gasteiger charge is -2.11. The molecule has 5 nitrogen and oxygen atoms in total. The molecule has 0 aliphatic rings. The van der Waals surface area contributed by atoms with Gasteiger partial charge in [-0.25, -0.2) is 0 Å². The first-order chi connectivity index (χ1) is 14.5. The van der Waals surface area contributed by atoms with Crippen molar-refractivity contribution in [1.82, 2.24) is 5.32 Å². The van der Waals surface area contributed by atoms with Crippen molar-refractivity contribution in [2.45, 2.75) is 12.8 Å². The van der Waals surface area contributed by atoms with Crippen molar-refractivity contribution >= 4 is 52.1 Å². The van der Waals surface area contributed by atoms with E-state index in [9.17, 15) is 9.59 Å². The molecule has 3 aromatic rings. The standard InChI is InChI=1S/C23H20ClN3O2S/c24-18-11-9-17(10-12-18)14-22(29)27-23(30)26-20-8-4-7-19(15-20)25-21(28)13-16-5-2-1-3-6-16/h1-12,15H,13-14H2,(H,25,28)(H2,26,27,29,30).